The number of hydrogen-bond acceptors (Lipinski definition) is 7. The summed E-state index contributed by atoms with van der Waals surface area (Å²) in [6, 6.07) is -5.14. The maximum absolute atomic E-state index is 12.8. The van der Waals surface area contributed by atoms with E-state index >= 15 is 0 Å². The average molecular weight is 488 g/mol. The second-order valence-electron chi connectivity index (χ2n) is 8.35. The van der Waals surface area contributed by atoms with Gasteiger partial charge in [-0.3, -0.25) is 24.0 Å². The zero-order valence-electron chi connectivity index (χ0n) is 20.0. The van der Waals surface area contributed by atoms with Gasteiger partial charge in [0.2, 0.25) is 23.6 Å². The van der Waals surface area contributed by atoms with Gasteiger partial charge >= 0.3 is 11.9 Å². The molecule has 0 fully saturated rings. The molecule has 6 unspecified atom stereocenters. The summed E-state index contributed by atoms with van der Waals surface area (Å²) >= 11 is 0. The molecule has 0 bridgehead atoms. The van der Waals surface area contributed by atoms with Crippen molar-refractivity contribution in [3.8, 4) is 0 Å². The van der Waals surface area contributed by atoms with Crippen molar-refractivity contribution in [1.82, 2.24) is 16.0 Å². The predicted octanol–water partition coefficient (Wildman–Crippen LogP) is -1.31. The van der Waals surface area contributed by atoms with E-state index in [0.29, 0.717) is 12.8 Å². The third-order valence-corrected chi connectivity index (χ3v) is 5.65. The first-order chi connectivity index (χ1) is 15.7. The summed E-state index contributed by atoms with van der Waals surface area (Å²) in [5, 5.41) is 25.3. The number of carboxylic acids is 2. The molecule has 0 aliphatic rings. The van der Waals surface area contributed by atoms with Gasteiger partial charge in [-0.05, 0) is 18.3 Å². The molecule has 0 rings (SSSR count). The minimum Gasteiger partial charge on any atom is -0.481 e. The molecule has 6 atom stereocenters. The highest BCUT2D eigenvalue weighted by atomic mass is 16.4. The van der Waals surface area contributed by atoms with Gasteiger partial charge in [-0.2, -0.15) is 0 Å². The number of aliphatic carboxylic acids is 2. The van der Waals surface area contributed by atoms with Crippen molar-refractivity contribution in [3.63, 3.8) is 0 Å². The second-order valence-corrected chi connectivity index (χ2v) is 8.35. The monoisotopic (exact) mass is 487 g/mol. The summed E-state index contributed by atoms with van der Waals surface area (Å²) in [5.74, 6) is -6.70. The molecule has 13 nitrogen and oxygen atoms in total. The lowest BCUT2D eigenvalue weighted by Gasteiger charge is -2.26. The molecule has 9 N–H and O–H groups in total. The summed E-state index contributed by atoms with van der Waals surface area (Å²) in [6.07, 6.45) is -0.441. The van der Waals surface area contributed by atoms with Gasteiger partial charge in [0.05, 0.1) is 12.5 Å². The largest absolute Gasteiger partial charge is 0.481 e. The van der Waals surface area contributed by atoms with E-state index in [1.807, 2.05) is 6.92 Å². The number of nitrogens with two attached hydrogens (primary N) is 2. The molecule has 194 valence electrons. The van der Waals surface area contributed by atoms with E-state index in [2.05, 4.69) is 16.0 Å². The lowest BCUT2D eigenvalue weighted by molar-refractivity contribution is -0.144. The number of carboxylic acid groups (broad SMARTS) is 2. The summed E-state index contributed by atoms with van der Waals surface area (Å²) < 4.78 is 0. The van der Waals surface area contributed by atoms with Crippen LogP contribution in [0.3, 0.4) is 0 Å². The molecule has 0 saturated heterocycles. The van der Waals surface area contributed by atoms with Crippen LogP contribution in [0.4, 0.5) is 0 Å². The van der Waals surface area contributed by atoms with Crippen molar-refractivity contribution in [1.29, 1.82) is 0 Å². The van der Waals surface area contributed by atoms with Crippen LogP contribution >= 0.6 is 0 Å². The van der Waals surface area contributed by atoms with Crippen LogP contribution < -0.4 is 27.4 Å². The van der Waals surface area contributed by atoms with Crippen LogP contribution in [-0.2, 0) is 28.8 Å². The van der Waals surface area contributed by atoms with Gasteiger partial charge in [0, 0.05) is 6.42 Å². The normalized spacial score (nSPS) is 16.1. The fourth-order valence-electron chi connectivity index (χ4n) is 2.94. The Labute approximate surface area is 198 Å². The highest BCUT2D eigenvalue weighted by Crippen LogP contribution is 2.10. The van der Waals surface area contributed by atoms with Gasteiger partial charge in [0.25, 0.3) is 0 Å². The quantitative estimate of drug-likeness (QED) is 0.137. The summed E-state index contributed by atoms with van der Waals surface area (Å²) in [4.78, 5) is 72.0. The maximum Gasteiger partial charge on any atom is 0.326 e. The van der Waals surface area contributed by atoms with E-state index < -0.39 is 78.5 Å². The van der Waals surface area contributed by atoms with Crippen LogP contribution in [0, 0.1) is 11.8 Å². The number of amides is 4. The molecule has 0 aliphatic heterocycles. The fraction of sp³-hybridized carbons (Fsp3) is 0.714. The first-order valence-electron chi connectivity index (χ1n) is 11.1. The zero-order chi connectivity index (χ0) is 26.6. The van der Waals surface area contributed by atoms with Crippen LogP contribution in [0.2, 0.25) is 0 Å². The van der Waals surface area contributed by atoms with Crippen LogP contribution in [0.25, 0.3) is 0 Å². The lowest BCUT2D eigenvalue weighted by atomic mass is 9.98. The number of carbonyl (C=O) groups excluding carboxylic acids is 4. The van der Waals surface area contributed by atoms with E-state index in [0.717, 1.165) is 0 Å². The molecule has 0 spiro atoms. The van der Waals surface area contributed by atoms with Crippen molar-refractivity contribution >= 4 is 35.6 Å². The smallest absolute Gasteiger partial charge is 0.326 e. The molecule has 0 aromatic carbocycles. The van der Waals surface area contributed by atoms with E-state index in [9.17, 15) is 33.9 Å². The molecular weight excluding hydrogens is 450 g/mol. The van der Waals surface area contributed by atoms with Gasteiger partial charge < -0.3 is 37.6 Å². The molecule has 13 heteroatoms. The average Bonchev–Trinajstić information content (AvgIpc) is 2.76. The number of hydrogen-bond donors (Lipinski definition) is 7. The Bertz CT molecular complexity index is 759. The van der Waals surface area contributed by atoms with Crippen LogP contribution in [-0.4, -0.2) is 69.9 Å². The van der Waals surface area contributed by atoms with Crippen LogP contribution in [0.1, 0.15) is 59.8 Å². The van der Waals surface area contributed by atoms with E-state index in [1.165, 1.54) is 0 Å². The molecule has 0 aliphatic carbocycles. The minimum atomic E-state index is -1.47. The second kappa shape index (κ2) is 14.8. The van der Waals surface area contributed by atoms with Crippen molar-refractivity contribution < 1.29 is 39.0 Å². The highest BCUT2D eigenvalue weighted by Gasteiger charge is 2.33. The van der Waals surface area contributed by atoms with E-state index in [4.69, 9.17) is 16.6 Å². The predicted molar refractivity (Wildman–Crippen MR) is 121 cm³/mol. The lowest BCUT2D eigenvalue weighted by Crippen LogP contribution is -2.58. The molecule has 0 heterocycles. The van der Waals surface area contributed by atoms with Crippen molar-refractivity contribution in [2.75, 3.05) is 0 Å². The van der Waals surface area contributed by atoms with Crippen molar-refractivity contribution in [2.45, 2.75) is 84.0 Å². The molecule has 4 amide bonds. The van der Waals surface area contributed by atoms with Crippen LogP contribution in [0.5, 0.6) is 0 Å². The Kier molecular flexibility index (Phi) is 13.4. The van der Waals surface area contributed by atoms with E-state index in [1.54, 1.807) is 20.8 Å². The van der Waals surface area contributed by atoms with Gasteiger partial charge in [0.1, 0.15) is 18.1 Å². The van der Waals surface area contributed by atoms with Crippen LogP contribution in [0.15, 0.2) is 0 Å². The van der Waals surface area contributed by atoms with Crippen molar-refractivity contribution in [2.24, 2.45) is 23.3 Å². The standard InChI is InChI=1S/C21H37N5O8/c1-5-10(3)16(23)20(32)25-13(9-14(22)27)19(31)24-12(7-8-15(28)29)18(30)26-17(21(33)34)11(4)6-2/h10-13,16-17H,5-9,23H2,1-4H3,(H2,22,27)(H,24,31)(H,25,32)(H,26,30)(H,28,29)(H,33,34). The molecule has 34 heavy (non-hydrogen) atoms. The minimum absolute atomic E-state index is 0.222. The summed E-state index contributed by atoms with van der Waals surface area (Å²) in [7, 11) is 0. The van der Waals surface area contributed by atoms with Gasteiger partial charge in [-0.15, -0.1) is 0 Å². The molecule has 0 radical (unpaired) electrons. The summed E-state index contributed by atoms with van der Waals surface area (Å²) in [5.41, 5.74) is 11.0. The maximum atomic E-state index is 12.8. The van der Waals surface area contributed by atoms with Gasteiger partial charge in [-0.25, -0.2) is 4.79 Å². The Morgan fingerprint density at radius 3 is 1.74 bits per heavy atom. The highest BCUT2D eigenvalue weighted by molar-refractivity contribution is 5.96. The Hall–Kier alpha value is -3.22. The van der Waals surface area contributed by atoms with Gasteiger partial charge in [-0.1, -0.05) is 40.5 Å². The zero-order valence-corrected chi connectivity index (χ0v) is 20.0. The number of rotatable bonds is 16. The number of carbonyl (C=O) groups is 6. The third-order valence-electron chi connectivity index (χ3n) is 5.65. The molecule has 0 saturated carbocycles. The Morgan fingerprint density at radius 1 is 0.794 bits per heavy atom. The molecule has 0 aromatic rings. The molecular formula is C21H37N5O8. The Balaban J connectivity index is 5.68. The third kappa shape index (κ3) is 10.6. The fourth-order valence-corrected chi connectivity index (χ4v) is 2.94. The number of nitrogens with one attached hydrogen (secondary N) is 3. The Morgan fingerprint density at radius 2 is 1.29 bits per heavy atom. The SMILES string of the molecule is CCC(C)C(N)C(=O)NC(CC(N)=O)C(=O)NC(CCC(=O)O)C(=O)NC(C(=O)O)C(C)CC. The van der Waals surface area contributed by atoms with E-state index in [-0.39, 0.29) is 12.3 Å². The first-order valence-corrected chi connectivity index (χ1v) is 11.1. The molecule has 0 aromatic heterocycles. The topological polar surface area (TPSA) is 231 Å². The van der Waals surface area contributed by atoms with Gasteiger partial charge in [0.15, 0.2) is 0 Å². The summed E-state index contributed by atoms with van der Waals surface area (Å²) in [6.45, 7) is 6.90. The first kappa shape index (κ1) is 30.8. The van der Waals surface area contributed by atoms with Crippen molar-refractivity contribution in [3.05, 3.63) is 0 Å². The number of primary amides is 1.